The standard InChI is InChI=1S/C27H34N8O3S/c1-17-9-10-20(38-17)22(27(2,3)4)32-24(33-39)23(28)31-19-8-5-7-18(21(19)36)25(37)34-13-15-35(16-14-34)26-29-11-6-12-30-26/h5-12,22,36,39H,13-16H2,1-4H3,(H2,28,31)(H,32,33)/t22-/m0/s1. The van der Waals surface area contributed by atoms with Gasteiger partial charge in [0.25, 0.3) is 5.91 Å². The molecule has 0 saturated carbocycles. The fraction of sp³-hybridized carbons (Fsp3) is 0.370. The molecule has 0 spiro atoms. The number of nitrogens with zero attached hydrogens (tertiary/aromatic N) is 6. The number of rotatable bonds is 5. The Labute approximate surface area is 233 Å². The van der Waals surface area contributed by atoms with E-state index in [2.05, 4.69) is 32.5 Å². The molecule has 1 aliphatic heterocycles. The number of carbonyl (C=O) groups excluding carboxylic acids is 1. The van der Waals surface area contributed by atoms with Crippen molar-refractivity contribution in [2.45, 2.75) is 33.7 Å². The molecule has 12 heteroatoms. The highest BCUT2D eigenvalue weighted by molar-refractivity contribution is 7.78. The Kier molecular flexibility index (Phi) is 8.44. The number of carbonyl (C=O) groups is 1. The Morgan fingerprint density at radius 2 is 1.82 bits per heavy atom. The highest BCUT2D eigenvalue weighted by Gasteiger charge is 2.30. The van der Waals surface area contributed by atoms with Crippen LogP contribution in [0.4, 0.5) is 11.6 Å². The molecule has 4 rings (SSSR count). The topological polar surface area (TPSA) is 145 Å². The summed E-state index contributed by atoms with van der Waals surface area (Å²) in [6, 6.07) is 9.95. The third-order valence-electron chi connectivity index (χ3n) is 6.35. The van der Waals surface area contributed by atoms with Gasteiger partial charge in [-0.2, -0.15) is 0 Å². The largest absolute Gasteiger partial charge is 0.505 e. The molecule has 4 N–H and O–H groups in total. The van der Waals surface area contributed by atoms with Crippen molar-refractivity contribution in [2.75, 3.05) is 31.1 Å². The van der Waals surface area contributed by atoms with E-state index < -0.39 is 0 Å². The molecule has 1 fully saturated rings. The minimum absolute atomic E-state index is 0.00102. The predicted molar refractivity (Wildman–Crippen MR) is 155 cm³/mol. The maximum Gasteiger partial charge on any atom is 0.257 e. The van der Waals surface area contributed by atoms with Crippen molar-refractivity contribution in [3.63, 3.8) is 0 Å². The van der Waals surface area contributed by atoms with Crippen molar-refractivity contribution < 1.29 is 14.3 Å². The van der Waals surface area contributed by atoms with Crippen LogP contribution in [0.1, 0.15) is 48.7 Å². The van der Waals surface area contributed by atoms with Crippen LogP contribution in [-0.4, -0.2) is 63.7 Å². The molecule has 2 aromatic heterocycles. The molecule has 1 aromatic carbocycles. The number of amides is 1. The van der Waals surface area contributed by atoms with Crippen molar-refractivity contribution in [3.8, 4) is 5.75 Å². The summed E-state index contributed by atoms with van der Waals surface area (Å²) in [6.45, 7) is 10.1. The third-order valence-corrected chi connectivity index (χ3v) is 6.56. The van der Waals surface area contributed by atoms with E-state index in [0.29, 0.717) is 37.9 Å². The number of hydrogen-bond acceptors (Lipinski definition) is 9. The number of aliphatic imine (C=N–C) groups is 2. The maximum atomic E-state index is 13.3. The number of furan rings is 1. The van der Waals surface area contributed by atoms with Crippen LogP contribution in [0.5, 0.6) is 5.75 Å². The number of anilines is 1. The zero-order chi connectivity index (χ0) is 28.2. The molecular weight excluding hydrogens is 516 g/mol. The van der Waals surface area contributed by atoms with E-state index in [0.717, 1.165) is 5.76 Å². The lowest BCUT2D eigenvalue weighted by molar-refractivity contribution is 0.0743. The van der Waals surface area contributed by atoms with Gasteiger partial charge in [-0.25, -0.2) is 15.0 Å². The lowest BCUT2D eigenvalue weighted by Crippen LogP contribution is -2.49. The van der Waals surface area contributed by atoms with Gasteiger partial charge in [-0.05, 0) is 42.7 Å². The molecule has 206 valence electrons. The summed E-state index contributed by atoms with van der Waals surface area (Å²) in [6.07, 6.45) is 3.38. The van der Waals surface area contributed by atoms with Crippen LogP contribution >= 0.6 is 12.8 Å². The summed E-state index contributed by atoms with van der Waals surface area (Å²) in [5, 5.41) is 11.0. The van der Waals surface area contributed by atoms with Crippen LogP contribution in [0, 0.1) is 12.3 Å². The molecule has 1 saturated heterocycles. The first kappa shape index (κ1) is 28.0. The van der Waals surface area contributed by atoms with Gasteiger partial charge < -0.3 is 29.8 Å². The molecule has 1 amide bonds. The summed E-state index contributed by atoms with van der Waals surface area (Å²) in [5.74, 6) is 1.75. The maximum absolute atomic E-state index is 13.3. The Morgan fingerprint density at radius 3 is 2.41 bits per heavy atom. The lowest BCUT2D eigenvalue weighted by atomic mass is 9.85. The number of phenolic OH excluding ortho intramolecular Hbond substituents is 1. The zero-order valence-corrected chi connectivity index (χ0v) is 23.4. The normalized spacial score (nSPS) is 15.8. The van der Waals surface area contributed by atoms with Crippen LogP contribution < -0.4 is 15.4 Å². The van der Waals surface area contributed by atoms with E-state index in [1.165, 1.54) is 0 Å². The second kappa shape index (κ2) is 11.8. The summed E-state index contributed by atoms with van der Waals surface area (Å²) >= 11 is 4.18. The van der Waals surface area contributed by atoms with E-state index in [-0.39, 0.29) is 46.0 Å². The number of hydrogen-bond donors (Lipinski definition) is 4. The summed E-state index contributed by atoms with van der Waals surface area (Å²) in [7, 11) is 0. The van der Waals surface area contributed by atoms with Gasteiger partial charge in [0.05, 0.1) is 5.56 Å². The molecule has 1 aliphatic rings. The minimum atomic E-state index is -0.379. The summed E-state index contributed by atoms with van der Waals surface area (Å²) in [5.41, 5.74) is 6.29. The average Bonchev–Trinajstić information content (AvgIpc) is 3.35. The zero-order valence-electron chi connectivity index (χ0n) is 22.5. The average molecular weight is 551 g/mol. The lowest BCUT2D eigenvalue weighted by Gasteiger charge is -2.34. The highest BCUT2D eigenvalue weighted by Crippen LogP contribution is 2.37. The Morgan fingerprint density at radius 1 is 1.13 bits per heavy atom. The number of phenols is 1. The highest BCUT2D eigenvalue weighted by atomic mass is 32.1. The molecule has 0 radical (unpaired) electrons. The molecule has 1 atom stereocenters. The quantitative estimate of drug-likeness (QED) is 0.214. The summed E-state index contributed by atoms with van der Waals surface area (Å²) in [4.78, 5) is 34.7. The van der Waals surface area contributed by atoms with E-state index in [1.54, 1.807) is 41.6 Å². The SMILES string of the molecule is Cc1ccc([C@H](N=C(NS)C(N)=Nc2cccc(C(=O)N3CCN(c4ncccn4)CC3)c2O)C(C)(C)C)o1. The molecule has 3 heterocycles. The van der Waals surface area contributed by atoms with Gasteiger partial charge >= 0.3 is 0 Å². The predicted octanol–water partition coefficient (Wildman–Crippen LogP) is 3.66. The second-order valence-corrected chi connectivity index (χ2v) is 10.5. The van der Waals surface area contributed by atoms with E-state index in [1.807, 2.05) is 44.7 Å². The van der Waals surface area contributed by atoms with Crippen molar-refractivity contribution in [1.82, 2.24) is 19.6 Å². The molecule has 0 aliphatic carbocycles. The number of aryl methyl sites for hydroxylation is 1. The summed E-state index contributed by atoms with van der Waals surface area (Å²) < 4.78 is 8.54. The number of nitrogens with one attached hydrogen (secondary N) is 1. The number of nitrogens with two attached hydrogens (primary N) is 1. The number of piperazine rings is 1. The second-order valence-electron chi connectivity index (χ2n) is 10.3. The van der Waals surface area contributed by atoms with Gasteiger partial charge in [0.1, 0.15) is 23.2 Å². The van der Waals surface area contributed by atoms with Gasteiger partial charge in [0.2, 0.25) is 5.95 Å². The molecule has 0 bridgehead atoms. The van der Waals surface area contributed by atoms with Gasteiger partial charge in [0.15, 0.2) is 17.4 Å². The number of para-hydroxylation sites is 1. The fourth-order valence-electron chi connectivity index (χ4n) is 4.28. The number of benzene rings is 1. The Bertz CT molecular complexity index is 1360. The number of thiol groups is 1. The number of aromatic hydroxyl groups is 1. The molecule has 39 heavy (non-hydrogen) atoms. The first-order valence-electron chi connectivity index (χ1n) is 12.6. The molecule has 3 aromatic rings. The van der Waals surface area contributed by atoms with Gasteiger partial charge in [0, 0.05) is 38.6 Å². The van der Waals surface area contributed by atoms with Crippen molar-refractivity contribution in [2.24, 2.45) is 21.1 Å². The van der Waals surface area contributed by atoms with E-state index in [9.17, 15) is 9.90 Å². The first-order valence-corrected chi connectivity index (χ1v) is 13.0. The van der Waals surface area contributed by atoms with Crippen molar-refractivity contribution in [1.29, 1.82) is 0 Å². The van der Waals surface area contributed by atoms with Crippen molar-refractivity contribution >= 4 is 42.0 Å². The monoisotopic (exact) mass is 550 g/mol. The van der Waals surface area contributed by atoms with Gasteiger partial charge in [-0.1, -0.05) is 39.7 Å². The van der Waals surface area contributed by atoms with Crippen LogP contribution in [0.2, 0.25) is 0 Å². The van der Waals surface area contributed by atoms with Crippen LogP contribution in [0.15, 0.2) is 63.2 Å². The molecular formula is C27H34N8O3S. The van der Waals surface area contributed by atoms with Gasteiger partial charge in [-0.15, -0.1) is 0 Å². The molecule has 0 unspecified atom stereocenters. The fourth-order valence-corrected chi connectivity index (χ4v) is 4.45. The van der Waals surface area contributed by atoms with Crippen LogP contribution in [-0.2, 0) is 0 Å². The minimum Gasteiger partial charge on any atom is -0.505 e. The Balaban J connectivity index is 1.54. The number of aromatic nitrogens is 2. The molecule has 11 nitrogen and oxygen atoms in total. The smallest absolute Gasteiger partial charge is 0.257 e. The van der Waals surface area contributed by atoms with E-state index in [4.69, 9.17) is 15.1 Å². The third kappa shape index (κ3) is 6.51. The van der Waals surface area contributed by atoms with Crippen molar-refractivity contribution in [3.05, 3.63) is 65.9 Å². The first-order chi connectivity index (χ1) is 18.6. The number of amidine groups is 2. The van der Waals surface area contributed by atoms with Crippen LogP contribution in [0.25, 0.3) is 0 Å². The van der Waals surface area contributed by atoms with Crippen LogP contribution in [0.3, 0.4) is 0 Å². The Hall–Kier alpha value is -4.06. The van der Waals surface area contributed by atoms with E-state index >= 15 is 0 Å². The van der Waals surface area contributed by atoms with Gasteiger partial charge in [-0.3, -0.25) is 9.79 Å².